The van der Waals surface area contributed by atoms with Crippen molar-refractivity contribution < 1.29 is 4.79 Å². The van der Waals surface area contributed by atoms with Gasteiger partial charge in [-0.15, -0.1) is 0 Å². The van der Waals surface area contributed by atoms with Crippen molar-refractivity contribution in [2.45, 2.75) is 50.7 Å². The molecule has 0 radical (unpaired) electrons. The third kappa shape index (κ3) is 5.59. The smallest absolute Gasteiger partial charge is 0.252 e. The van der Waals surface area contributed by atoms with Gasteiger partial charge in [-0.05, 0) is 48.6 Å². The molecule has 2 heterocycles. The number of benzene rings is 1. The number of carbonyl (C=O) groups is 1. The first-order chi connectivity index (χ1) is 13.8. The molecule has 154 valence electrons. The van der Waals surface area contributed by atoms with Crippen LogP contribution in [0.4, 0.5) is 5.82 Å². The summed E-state index contributed by atoms with van der Waals surface area (Å²) in [4.78, 5) is 21.8. The van der Waals surface area contributed by atoms with Crippen LogP contribution in [0.5, 0.6) is 0 Å². The fraction of sp³-hybridized carbons (Fsp3) is 0.400. The minimum atomic E-state index is -0.0840. The van der Waals surface area contributed by atoms with Crippen LogP contribution in [-0.2, 0) is 6.54 Å². The van der Waals surface area contributed by atoms with Gasteiger partial charge in [0, 0.05) is 21.4 Å². The zero-order valence-electron chi connectivity index (χ0n) is 16.9. The van der Waals surface area contributed by atoms with Gasteiger partial charge in [0.25, 0.3) is 5.91 Å². The third-order valence-corrected chi connectivity index (χ3v) is 5.78. The molecule has 3 aromatic rings. The van der Waals surface area contributed by atoms with Crippen molar-refractivity contribution in [2.75, 3.05) is 11.9 Å². The van der Waals surface area contributed by atoms with Gasteiger partial charge < -0.3 is 10.6 Å². The van der Waals surface area contributed by atoms with E-state index < -0.39 is 0 Å². The molecule has 29 heavy (non-hydrogen) atoms. The molecular formula is C20H25IN6OS. The van der Waals surface area contributed by atoms with E-state index in [-0.39, 0.29) is 11.9 Å². The maximum atomic E-state index is 12.4. The number of nitrogens with one attached hydrogen (secondary N) is 2. The van der Waals surface area contributed by atoms with Crippen molar-refractivity contribution in [1.82, 2.24) is 25.1 Å². The Morgan fingerprint density at radius 3 is 2.66 bits per heavy atom. The lowest BCUT2D eigenvalue weighted by Crippen LogP contribution is -2.28. The van der Waals surface area contributed by atoms with Crippen molar-refractivity contribution in [1.29, 1.82) is 0 Å². The number of hydrogen-bond donors (Lipinski definition) is 2. The molecule has 0 unspecified atom stereocenters. The average molecular weight is 524 g/mol. The van der Waals surface area contributed by atoms with Crippen LogP contribution in [0.15, 0.2) is 35.6 Å². The summed E-state index contributed by atoms with van der Waals surface area (Å²) in [6.07, 6.45) is 1.78. The van der Waals surface area contributed by atoms with Gasteiger partial charge in [0.1, 0.15) is 5.82 Å². The molecule has 0 fully saturated rings. The van der Waals surface area contributed by atoms with Gasteiger partial charge >= 0.3 is 0 Å². The van der Waals surface area contributed by atoms with Gasteiger partial charge in [0.2, 0.25) is 0 Å². The van der Waals surface area contributed by atoms with Crippen molar-refractivity contribution in [3.63, 3.8) is 0 Å². The fourth-order valence-electron chi connectivity index (χ4n) is 2.76. The summed E-state index contributed by atoms with van der Waals surface area (Å²) in [6, 6.07) is 7.79. The third-order valence-electron chi connectivity index (χ3n) is 3.97. The van der Waals surface area contributed by atoms with Crippen molar-refractivity contribution in [2.24, 2.45) is 0 Å². The first-order valence-corrected chi connectivity index (χ1v) is 11.5. The van der Waals surface area contributed by atoms with Gasteiger partial charge in [-0.2, -0.15) is 5.10 Å². The molecular weight excluding hydrogens is 499 g/mol. The first kappa shape index (κ1) is 21.8. The quantitative estimate of drug-likeness (QED) is 0.261. The Morgan fingerprint density at radius 2 is 1.97 bits per heavy atom. The lowest BCUT2D eigenvalue weighted by Gasteiger charge is -2.12. The lowest BCUT2D eigenvalue weighted by molar-refractivity contribution is 0.0951. The number of nitrogens with zero attached hydrogens (tertiary/aromatic N) is 4. The Balaban J connectivity index is 1.78. The monoisotopic (exact) mass is 524 g/mol. The molecule has 3 rings (SSSR count). The maximum Gasteiger partial charge on any atom is 0.252 e. The van der Waals surface area contributed by atoms with Crippen LogP contribution in [0, 0.1) is 3.57 Å². The van der Waals surface area contributed by atoms with Crippen molar-refractivity contribution in [3.05, 3.63) is 39.6 Å². The zero-order chi connectivity index (χ0) is 21.0. The minimum Gasteiger partial charge on any atom is -0.367 e. The predicted molar refractivity (Wildman–Crippen MR) is 127 cm³/mol. The largest absolute Gasteiger partial charge is 0.367 e. The highest BCUT2D eigenvalue weighted by molar-refractivity contribution is 14.1. The number of hydrogen-bond acceptors (Lipinski definition) is 6. The fourth-order valence-corrected chi connectivity index (χ4v) is 4.10. The number of anilines is 1. The van der Waals surface area contributed by atoms with Crippen LogP contribution >= 0.6 is 34.4 Å². The molecule has 0 bridgehead atoms. The minimum absolute atomic E-state index is 0.0840. The number of halogens is 1. The Hall–Kier alpha value is -1.88. The van der Waals surface area contributed by atoms with Gasteiger partial charge in [0.05, 0.1) is 23.7 Å². The summed E-state index contributed by atoms with van der Waals surface area (Å²) in [5.74, 6) is 0.710. The van der Waals surface area contributed by atoms with Crippen LogP contribution < -0.4 is 10.6 Å². The lowest BCUT2D eigenvalue weighted by atomic mass is 10.2. The summed E-state index contributed by atoms with van der Waals surface area (Å²) >= 11 is 3.79. The first-order valence-electron chi connectivity index (χ1n) is 9.54. The van der Waals surface area contributed by atoms with E-state index in [4.69, 9.17) is 4.98 Å². The topological polar surface area (TPSA) is 84.7 Å². The molecule has 2 aromatic heterocycles. The van der Waals surface area contributed by atoms with E-state index in [1.54, 1.807) is 18.0 Å². The summed E-state index contributed by atoms with van der Waals surface area (Å²) < 4.78 is 2.75. The Kier molecular flexibility index (Phi) is 7.33. The van der Waals surface area contributed by atoms with Crippen LogP contribution in [0.3, 0.4) is 0 Å². The van der Waals surface area contributed by atoms with E-state index in [1.807, 2.05) is 28.9 Å². The predicted octanol–water partition coefficient (Wildman–Crippen LogP) is 4.18. The van der Waals surface area contributed by atoms with E-state index >= 15 is 0 Å². The molecule has 0 spiro atoms. The van der Waals surface area contributed by atoms with E-state index in [2.05, 4.69) is 71.0 Å². The van der Waals surface area contributed by atoms with Crippen LogP contribution in [-0.4, -0.2) is 43.5 Å². The summed E-state index contributed by atoms with van der Waals surface area (Å²) in [7, 11) is 0. The Labute approximate surface area is 188 Å². The van der Waals surface area contributed by atoms with Crippen LogP contribution in [0.25, 0.3) is 11.0 Å². The molecule has 0 saturated heterocycles. The van der Waals surface area contributed by atoms with Crippen LogP contribution in [0.1, 0.15) is 38.1 Å². The second-order valence-electron chi connectivity index (χ2n) is 7.16. The number of amides is 1. The van der Waals surface area contributed by atoms with E-state index in [9.17, 15) is 4.79 Å². The normalized spacial score (nSPS) is 11.4. The zero-order valence-corrected chi connectivity index (χ0v) is 19.9. The average Bonchev–Trinajstić information content (AvgIpc) is 3.04. The summed E-state index contributed by atoms with van der Waals surface area (Å²) in [6.45, 7) is 9.38. The maximum absolute atomic E-state index is 12.4. The highest BCUT2D eigenvalue weighted by atomic mass is 127. The number of carbonyl (C=O) groups excluding carboxylic acids is 1. The second kappa shape index (κ2) is 9.75. The number of rotatable bonds is 8. The molecule has 9 heteroatoms. The summed E-state index contributed by atoms with van der Waals surface area (Å²) in [5.41, 5.74) is 1.45. The van der Waals surface area contributed by atoms with Gasteiger partial charge in [-0.1, -0.05) is 37.7 Å². The molecule has 0 aliphatic carbocycles. The highest BCUT2D eigenvalue weighted by Gasteiger charge is 2.15. The Morgan fingerprint density at radius 1 is 1.21 bits per heavy atom. The molecule has 2 N–H and O–H groups in total. The highest BCUT2D eigenvalue weighted by Crippen LogP contribution is 2.26. The summed E-state index contributed by atoms with van der Waals surface area (Å²) in [5, 5.41) is 12.8. The molecule has 1 aromatic carbocycles. The Bertz CT molecular complexity index is 1000. The van der Waals surface area contributed by atoms with Gasteiger partial charge in [-0.3, -0.25) is 4.79 Å². The second-order valence-corrected chi connectivity index (χ2v) is 9.87. The standard InChI is InChI=1S/C20H25IN6OS/c1-12(2)24-17-15-11-23-27(18(15)26-20(25-17)29-13(3)4)10-9-22-19(28)14-7-5-6-8-16(14)21/h5-8,11-13H,9-10H2,1-4H3,(H,22,28)(H,24,25,26). The van der Waals surface area contributed by atoms with E-state index in [0.717, 1.165) is 25.6 Å². The van der Waals surface area contributed by atoms with E-state index in [0.29, 0.717) is 23.9 Å². The van der Waals surface area contributed by atoms with E-state index in [1.165, 1.54) is 0 Å². The molecule has 0 saturated carbocycles. The molecule has 1 amide bonds. The van der Waals surface area contributed by atoms with Crippen molar-refractivity contribution >= 4 is 57.1 Å². The SMILES string of the molecule is CC(C)Nc1nc(SC(C)C)nc2c1cnn2CCNC(=O)c1ccccc1I. The number of fused-ring (bicyclic) bond motifs is 1. The molecule has 0 atom stereocenters. The van der Waals surface area contributed by atoms with Gasteiger partial charge in [0.15, 0.2) is 10.8 Å². The molecule has 0 aliphatic rings. The number of thioether (sulfide) groups is 1. The molecule has 0 aliphatic heterocycles. The molecule has 7 nitrogen and oxygen atoms in total. The van der Waals surface area contributed by atoms with Gasteiger partial charge in [-0.25, -0.2) is 14.6 Å². The van der Waals surface area contributed by atoms with Crippen molar-refractivity contribution in [3.8, 4) is 0 Å². The van der Waals surface area contributed by atoms with Crippen LogP contribution in [0.2, 0.25) is 0 Å². The number of aromatic nitrogens is 4.